The molecule has 0 fully saturated rings. The number of aromatic nitrogens is 3. The number of hydrogen-bond acceptors (Lipinski definition) is 5. The predicted octanol–water partition coefficient (Wildman–Crippen LogP) is 12.6. The number of hydrogen-bond donors (Lipinski definition) is 0. The van der Waals surface area contributed by atoms with Gasteiger partial charge in [0.15, 0.2) is 11.6 Å². The lowest BCUT2D eigenvalue weighted by Crippen LogP contribution is -2.13. The highest BCUT2D eigenvalue weighted by molar-refractivity contribution is 6.09. The van der Waals surface area contributed by atoms with Gasteiger partial charge in [0.1, 0.15) is 28.3 Å². The molecular weight excluding hydrogens is 663 g/mol. The maximum Gasteiger partial charge on any atom is 0.163 e. The van der Waals surface area contributed by atoms with Crippen LogP contribution in [0.3, 0.4) is 0 Å². The zero-order valence-corrected chi connectivity index (χ0v) is 29.1. The Labute approximate surface area is 310 Å². The molecule has 254 valence electrons. The molecule has 0 radical (unpaired) electrons. The zero-order chi connectivity index (χ0) is 35.6. The predicted molar refractivity (Wildman–Crippen MR) is 217 cm³/mol. The van der Waals surface area contributed by atoms with E-state index in [1.165, 1.54) is 10.9 Å². The van der Waals surface area contributed by atoms with Gasteiger partial charge in [-0.1, -0.05) is 152 Å². The standard InChI is InChI=1S/C49H31N3O2/c1-2-11-30(12-3-1)32-21-24-33(25-22-32)47-50-48(35-26-23-31-13-4-5-14-34(31)29-35)52-49(51-47)41-28-27-39(46-44(41)40-16-7-9-20-43(40)54-46)38-18-10-17-37-36-15-6-8-19-42(36)53-45(37)38/h1-27,29,41H,28H2. The Kier molecular flexibility index (Phi) is 6.92. The molecule has 3 heterocycles. The monoisotopic (exact) mass is 693 g/mol. The first kappa shape index (κ1) is 30.5. The van der Waals surface area contributed by atoms with Gasteiger partial charge in [0.2, 0.25) is 0 Å². The van der Waals surface area contributed by atoms with Crippen LogP contribution in [0.4, 0.5) is 0 Å². The molecular formula is C49H31N3O2. The molecule has 1 aliphatic rings. The number of rotatable bonds is 5. The lowest BCUT2D eigenvalue weighted by atomic mass is 9.82. The summed E-state index contributed by atoms with van der Waals surface area (Å²) in [6.07, 6.45) is 2.95. The highest BCUT2D eigenvalue weighted by Gasteiger charge is 2.33. The largest absolute Gasteiger partial charge is 0.456 e. The molecule has 1 aliphatic carbocycles. The van der Waals surface area contributed by atoms with E-state index in [0.717, 1.165) is 77.4 Å². The number of furan rings is 2. The van der Waals surface area contributed by atoms with Gasteiger partial charge in [0, 0.05) is 44.0 Å². The number of fused-ring (bicyclic) bond motifs is 7. The van der Waals surface area contributed by atoms with Gasteiger partial charge < -0.3 is 8.83 Å². The van der Waals surface area contributed by atoms with Crippen molar-refractivity contribution < 1.29 is 8.83 Å². The minimum Gasteiger partial charge on any atom is -0.456 e. The zero-order valence-electron chi connectivity index (χ0n) is 29.1. The summed E-state index contributed by atoms with van der Waals surface area (Å²) < 4.78 is 13.3. The molecule has 7 aromatic carbocycles. The van der Waals surface area contributed by atoms with E-state index in [9.17, 15) is 0 Å². The lowest BCUT2D eigenvalue weighted by Gasteiger charge is -2.22. The quantitative estimate of drug-likeness (QED) is 0.179. The molecule has 0 spiro atoms. The van der Waals surface area contributed by atoms with Gasteiger partial charge in [-0.3, -0.25) is 0 Å². The Morgan fingerprint density at radius 3 is 1.93 bits per heavy atom. The number of benzene rings is 7. The summed E-state index contributed by atoms with van der Waals surface area (Å²) in [6.45, 7) is 0. The third-order valence-electron chi connectivity index (χ3n) is 10.7. The maximum absolute atomic E-state index is 6.78. The Bertz CT molecular complexity index is 3080. The summed E-state index contributed by atoms with van der Waals surface area (Å²) in [7, 11) is 0. The van der Waals surface area contributed by atoms with Crippen LogP contribution in [0.2, 0.25) is 0 Å². The summed E-state index contributed by atoms with van der Waals surface area (Å²) >= 11 is 0. The van der Waals surface area contributed by atoms with Crippen molar-refractivity contribution in [2.24, 2.45) is 0 Å². The van der Waals surface area contributed by atoms with Crippen molar-refractivity contribution in [2.45, 2.75) is 12.3 Å². The van der Waals surface area contributed by atoms with Gasteiger partial charge in [-0.2, -0.15) is 0 Å². The molecule has 0 amide bonds. The molecule has 54 heavy (non-hydrogen) atoms. The van der Waals surface area contributed by atoms with E-state index in [-0.39, 0.29) is 5.92 Å². The molecule has 1 atom stereocenters. The van der Waals surface area contributed by atoms with Crippen LogP contribution < -0.4 is 0 Å². The first-order valence-electron chi connectivity index (χ1n) is 18.3. The Hall–Kier alpha value is -7.11. The minimum absolute atomic E-state index is 0.174. The second-order valence-electron chi connectivity index (χ2n) is 13.9. The molecule has 1 unspecified atom stereocenters. The number of allylic oxidation sites excluding steroid dienone is 1. The summed E-state index contributed by atoms with van der Waals surface area (Å²) in [5.74, 6) is 2.64. The van der Waals surface area contributed by atoms with Crippen LogP contribution in [0.15, 0.2) is 179 Å². The molecule has 5 nitrogen and oxygen atoms in total. The van der Waals surface area contributed by atoms with Crippen molar-refractivity contribution in [2.75, 3.05) is 0 Å². The average Bonchev–Trinajstić information content (AvgIpc) is 3.83. The van der Waals surface area contributed by atoms with Crippen LogP contribution in [0.1, 0.15) is 35.1 Å². The summed E-state index contributed by atoms with van der Waals surface area (Å²) in [6, 6.07) is 56.5. The fourth-order valence-corrected chi connectivity index (χ4v) is 8.06. The maximum atomic E-state index is 6.78. The Morgan fingerprint density at radius 1 is 0.463 bits per heavy atom. The summed E-state index contributed by atoms with van der Waals surface area (Å²) in [5.41, 5.74) is 9.85. The Morgan fingerprint density at radius 2 is 1.09 bits per heavy atom. The van der Waals surface area contributed by atoms with E-state index < -0.39 is 0 Å². The first-order chi connectivity index (χ1) is 26.7. The van der Waals surface area contributed by atoms with E-state index in [1.54, 1.807) is 0 Å². The molecule has 0 saturated carbocycles. The average molecular weight is 694 g/mol. The fourth-order valence-electron chi connectivity index (χ4n) is 8.06. The van der Waals surface area contributed by atoms with Gasteiger partial charge in [0.05, 0.1) is 5.92 Å². The Balaban J connectivity index is 1.09. The lowest BCUT2D eigenvalue weighted by molar-refractivity contribution is 0.581. The van der Waals surface area contributed by atoms with E-state index in [1.807, 2.05) is 30.3 Å². The van der Waals surface area contributed by atoms with Gasteiger partial charge in [0.25, 0.3) is 0 Å². The van der Waals surface area contributed by atoms with Crippen LogP contribution in [0, 0.1) is 0 Å². The van der Waals surface area contributed by atoms with Crippen molar-refractivity contribution in [3.63, 3.8) is 0 Å². The van der Waals surface area contributed by atoms with Crippen LogP contribution in [0.5, 0.6) is 0 Å². The van der Waals surface area contributed by atoms with E-state index in [0.29, 0.717) is 23.9 Å². The van der Waals surface area contributed by atoms with Crippen LogP contribution >= 0.6 is 0 Å². The third kappa shape index (κ3) is 4.97. The summed E-state index contributed by atoms with van der Waals surface area (Å²) in [4.78, 5) is 15.7. The second kappa shape index (κ2) is 12.2. The van der Waals surface area contributed by atoms with E-state index >= 15 is 0 Å². The highest BCUT2D eigenvalue weighted by atomic mass is 16.3. The minimum atomic E-state index is -0.174. The number of para-hydroxylation sites is 3. The number of nitrogens with zero attached hydrogens (tertiary/aromatic N) is 3. The third-order valence-corrected chi connectivity index (χ3v) is 10.7. The molecule has 0 aliphatic heterocycles. The van der Waals surface area contributed by atoms with Crippen LogP contribution in [0.25, 0.3) is 83.2 Å². The topological polar surface area (TPSA) is 65.0 Å². The molecule has 10 aromatic rings. The first-order valence-corrected chi connectivity index (χ1v) is 18.3. The normalized spacial score (nSPS) is 14.1. The van der Waals surface area contributed by atoms with Crippen molar-refractivity contribution >= 4 is 49.3 Å². The molecule has 11 rings (SSSR count). The molecule has 3 aromatic heterocycles. The van der Waals surface area contributed by atoms with E-state index in [2.05, 4.69) is 140 Å². The van der Waals surface area contributed by atoms with Crippen molar-refractivity contribution in [1.29, 1.82) is 0 Å². The van der Waals surface area contributed by atoms with Gasteiger partial charge in [-0.15, -0.1) is 0 Å². The highest BCUT2D eigenvalue weighted by Crippen LogP contribution is 2.47. The molecule has 0 saturated heterocycles. The van der Waals surface area contributed by atoms with Gasteiger partial charge in [-0.05, 0) is 46.5 Å². The molecule has 5 heteroatoms. The molecule has 0 N–H and O–H groups in total. The SMILES string of the molecule is C1=C(c2cccc3c2oc2ccccc23)c2oc3ccccc3c2C(c2nc(-c3ccc(-c4ccccc4)cc3)nc(-c3ccc4ccccc4c3)n2)C1. The van der Waals surface area contributed by atoms with Crippen molar-refractivity contribution in [1.82, 2.24) is 15.0 Å². The fraction of sp³-hybridized carbons (Fsp3) is 0.0408. The summed E-state index contributed by atoms with van der Waals surface area (Å²) in [5, 5.41) is 5.56. The van der Waals surface area contributed by atoms with Gasteiger partial charge in [-0.25, -0.2) is 15.0 Å². The van der Waals surface area contributed by atoms with Crippen molar-refractivity contribution in [3.8, 4) is 33.9 Å². The van der Waals surface area contributed by atoms with Crippen molar-refractivity contribution in [3.05, 3.63) is 193 Å². The molecule has 0 bridgehead atoms. The smallest absolute Gasteiger partial charge is 0.163 e. The second-order valence-corrected chi connectivity index (χ2v) is 13.9. The van der Waals surface area contributed by atoms with Crippen LogP contribution in [-0.2, 0) is 0 Å². The van der Waals surface area contributed by atoms with E-state index in [4.69, 9.17) is 23.8 Å². The van der Waals surface area contributed by atoms with Crippen LogP contribution in [-0.4, -0.2) is 15.0 Å². The van der Waals surface area contributed by atoms with Gasteiger partial charge >= 0.3 is 0 Å².